The Bertz CT molecular complexity index is 1260. The monoisotopic (exact) mass is 410 g/mol. The molecule has 5 rings (SSSR count). The molecule has 4 aromatic carbocycles. The minimum atomic E-state index is 0.901. The quantitative estimate of drug-likeness (QED) is 0.296. The molecule has 0 radical (unpaired) electrons. The summed E-state index contributed by atoms with van der Waals surface area (Å²) in [6.07, 6.45) is 0. The standard InChI is InChI=1S/C24H15BrN2/c25-19-13-10-18(11-14-19)23-22(17-7-2-1-3-8-17)26-21-15-12-16-6-4-5-9-20(16)24(21)27-23/h1-15H. The van der Waals surface area contributed by atoms with Crippen molar-refractivity contribution in [2.45, 2.75) is 0 Å². The second-order valence-electron chi connectivity index (χ2n) is 6.45. The maximum absolute atomic E-state index is 5.10. The largest absolute Gasteiger partial charge is 0.244 e. The van der Waals surface area contributed by atoms with Gasteiger partial charge in [0.15, 0.2) is 0 Å². The van der Waals surface area contributed by atoms with Crippen LogP contribution in [-0.4, -0.2) is 9.97 Å². The molecule has 0 saturated carbocycles. The van der Waals surface area contributed by atoms with Crippen LogP contribution in [0.25, 0.3) is 44.3 Å². The lowest BCUT2D eigenvalue weighted by atomic mass is 10.0. The Kier molecular flexibility index (Phi) is 3.95. The number of hydrogen-bond donors (Lipinski definition) is 0. The molecule has 0 atom stereocenters. The van der Waals surface area contributed by atoms with Crippen LogP contribution in [0.1, 0.15) is 0 Å². The molecule has 0 amide bonds. The van der Waals surface area contributed by atoms with Crippen LogP contribution in [0.15, 0.2) is 95.5 Å². The Morgan fingerprint density at radius 1 is 0.556 bits per heavy atom. The van der Waals surface area contributed by atoms with Gasteiger partial charge in [-0.1, -0.05) is 88.7 Å². The number of nitrogens with zero attached hydrogens (tertiary/aromatic N) is 2. The number of benzene rings is 4. The van der Waals surface area contributed by atoms with E-state index in [4.69, 9.17) is 9.97 Å². The third-order valence-corrected chi connectivity index (χ3v) is 5.25. The van der Waals surface area contributed by atoms with Crippen molar-refractivity contribution in [2.24, 2.45) is 0 Å². The van der Waals surface area contributed by atoms with Crippen LogP contribution < -0.4 is 0 Å². The van der Waals surface area contributed by atoms with Gasteiger partial charge >= 0.3 is 0 Å². The Labute approximate surface area is 165 Å². The zero-order valence-electron chi connectivity index (χ0n) is 14.4. The topological polar surface area (TPSA) is 25.8 Å². The predicted octanol–water partition coefficient (Wildman–Crippen LogP) is 6.88. The molecule has 0 aliphatic rings. The van der Waals surface area contributed by atoms with E-state index in [-0.39, 0.29) is 0 Å². The van der Waals surface area contributed by atoms with E-state index in [2.05, 4.69) is 70.5 Å². The van der Waals surface area contributed by atoms with Crippen LogP contribution in [0.3, 0.4) is 0 Å². The average molecular weight is 411 g/mol. The molecule has 2 nitrogen and oxygen atoms in total. The Balaban J connectivity index is 1.88. The van der Waals surface area contributed by atoms with Crippen molar-refractivity contribution in [2.75, 3.05) is 0 Å². The first-order valence-electron chi connectivity index (χ1n) is 8.80. The van der Waals surface area contributed by atoms with Gasteiger partial charge in [0, 0.05) is 21.0 Å². The zero-order chi connectivity index (χ0) is 18.2. The van der Waals surface area contributed by atoms with Gasteiger partial charge in [-0.15, -0.1) is 0 Å². The van der Waals surface area contributed by atoms with Crippen molar-refractivity contribution in [3.8, 4) is 22.5 Å². The van der Waals surface area contributed by atoms with Crippen LogP contribution in [0, 0.1) is 0 Å². The molecule has 0 bridgehead atoms. The first-order chi connectivity index (χ1) is 13.3. The van der Waals surface area contributed by atoms with Crippen LogP contribution in [-0.2, 0) is 0 Å². The summed E-state index contributed by atoms with van der Waals surface area (Å²) in [5.41, 5.74) is 5.77. The summed E-state index contributed by atoms with van der Waals surface area (Å²) in [5, 5.41) is 2.30. The first-order valence-corrected chi connectivity index (χ1v) is 9.60. The van der Waals surface area contributed by atoms with E-state index in [1.807, 2.05) is 36.4 Å². The van der Waals surface area contributed by atoms with Gasteiger partial charge in [0.25, 0.3) is 0 Å². The van der Waals surface area contributed by atoms with Gasteiger partial charge in [-0.3, -0.25) is 0 Å². The van der Waals surface area contributed by atoms with Gasteiger partial charge in [0.1, 0.15) is 0 Å². The lowest BCUT2D eigenvalue weighted by Crippen LogP contribution is -1.96. The molecule has 0 spiro atoms. The number of halogens is 1. The highest BCUT2D eigenvalue weighted by molar-refractivity contribution is 9.10. The molecule has 3 heteroatoms. The summed E-state index contributed by atoms with van der Waals surface area (Å²) in [4.78, 5) is 10.1. The lowest BCUT2D eigenvalue weighted by Gasteiger charge is -2.12. The minimum absolute atomic E-state index is 0.901. The number of fused-ring (bicyclic) bond motifs is 3. The highest BCUT2D eigenvalue weighted by atomic mass is 79.9. The van der Waals surface area contributed by atoms with Crippen molar-refractivity contribution in [3.63, 3.8) is 0 Å². The van der Waals surface area contributed by atoms with E-state index in [0.717, 1.165) is 43.4 Å². The van der Waals surface area contributed by atoms with Crippen LogP contribution in [0.4, 0.5) is 0 Å². The van der Waals surface area contributed by atoms with Crippen molar-refractivity contribution >= 4 is 37.7 Å². The van der Waals surface area contributed by atoms with E-state index < -0.39 is 0 Å². The maximum Gasteiger partial charge on any atom is 0.0973 e. The second-order valence-corrected chi connectivity index (χ2v) is 7.36. The van der Waals surface area contributed by atoms with Gasteiger partial charge in [0.2, 0.25) is 0 Å². The van der Waals surface area contributed by atoms with Crippen molar-refractivity contribution < 1.29 is 0 Å². The van der Waals surface area contributed by atoms with Crippen molar-refractivity contribution in [1.29, 1.82) is 0 Å². The molecule has 1 heterocycles. The molecule has 0 unspecified atom stereocenters. The third-order valence-electron chi connectivity index (χ3n) is 4.72. The predicted molar refractivity (Wildman–Crippen MR) is 116 cm³/mol. The third kappa shape index (κ3) is 2.90. The number of hydrogen-bond acceptors (Lipinski definition) is 2. The van der Waals surface area contributed by atoms with Gasteiger partial charge in [0.05, 0.1) is 22.4 Å². The van der Waals surface area contributed by atoms with Crippen LogP contribution >= 0.6 is 15.9 Å². The molecule has 0 aliphatic heterocycles. The molecule has 0 aliphatic carbocycles. The number of rotatable bonds is 2. The van der Waals surface area contributed by atoms with E-state index in [1.54, 1.807) is 0 Å². The molecule has 0 fully saturated rings. The minimum Gasteiger partial charge on any atom is -0.244 e. The molecular formula is C24H15BrN2. The summed E-state index contributed by atoms with van der Waals surface area (Å²) >= 11 is 3.52. The SMILES string of the molecule is Brc1ccc(-c2nc3c(ccc4ccccc43)nc2-c2ccccc2)cc1. The summed E-state index contributed by atoms with van der Waals surface area (Å²) < 4.78 is 1.05. The normalized spacial score (nSPS) is 11.1. The van der Waals surface area contributed by atoms with Crippen molar-refractivity contribution in [1.82, 2.24) is 9.97 Å². The van der Waals surface area contributed by atoms with E-state index in [0.29, 0.717) is 0 Å². The molecule has 5 aromatic rings. The van der Waals surface area contributed by atoms with Crippen LogP contribution in [0.2, 0.25) is 0 Å². The molecule has 0 saturated heterocycles. The number of aromatic nitrogens is 2. The Morgan fingerprint density at radius 3 is 2.04 bits per heavy atom. The molecular weight excluding hydrogens is 396 g/mol. The maximum atomic E-state index is 5.10. The first kappa shape index (κ1) is 16.2. The second kappa shape index (κ2) is 6.60. The zero-order valence-corrected chi connectivity index (χ0v) is 16.0. The van der Waals surface area contributed by atoms with Crippen molar-refractivity contribution in [3.05, 3.63) is 95.5 Å². The van der Waals surface area contributed by atoms with Gasteiger partial charge in [-0.25, -0.2) is 9.97 Å². The molecule has 27 heavy (non-hydrogen) atoms. The molecule has 1 aromatic heterocycles. The fraction of sp³-hybridized carbons (Fsp3) is 0. The lowest BCUT2D eigenvalue weighted by molar-refractivity contribution is 1.30. The summed E-state index contributed by atoms with van der Waals surface area (Å²) in [6.45, 7) is 0. The average Bonchev–Trinajstić information content (AvgIpc) is 2.74. The van der Waals surface area contributed by atoms with E-state index in [9.17, 15) is 0 Å². The highest BCUT2D eigenvalue weighted by Gasteiger charge is 2.14. The van der Waals surface area contributed by atoms with Gasteiger partial charge in [-0.2, -0.15) is 0 Å². The highest BCUT2D eigenvalue weighted by Crippen LogP contribution is 2.33. The Hall–Kier alpha value is -3.04. The van der Waals surface area contributed by atoms with E-state index in [1.165, 1.54) is 5.39 Å². The summed E-state index contributed by atoms with van der Waals surface area (Å²) in [6, 6.07) is 31.0. The smallest absolute Gasteiger partial charge is 0.0973 e. The Morgan fingerprint density at radius 2 is 1.22 bits per heavy atom. The van der Waals surface area contributed by atoms with Crippen LogP contribution in [0.5, 0.6) is 0 Å². The van der Waals surface area contributed by atoms with Gasteiger partial charge < -0.3 is 0 Å². The summed E-state index contributed by atoms with van der Waals surface area (Å²) in [7, 11) is 0. The molecule has 128 valence electrons. The summed E-state index contributed by atoms with van der Waals surface area (Å²) in [5.74, 6) is 0. The van der Waals surface area contributed by atoms with Gasteiger partial charge in [-0.05, 0) is 23.6 Å². The fourth-order valence-electron chi connectivity index (χ4n) is 3.40. The van der Waals surface area contributed by atoms with E-state index >= 15 is 0 Å². The molecule has 0 N–H and O–H groups in total. The fourth-order valence-corrected chi connectivity index (χ4v) is 3.66.